The van der Waals surface area contributed by atoms with Crippen molar-refractivity contribution in [3.05, 3.63) is 23.8 Å². The summed E-state index contributed by atoms with van der Waals surface area (Å²) in [5, 5.41) is 3.01. The molecule has 24 heavy (non-hydrogen) atoms. The average Bonchev–Trinajstić information content (AvgIpc) is 2.61. The highest BCUT2D eigenvalue weighted by Gasteiger charge is 2.26. The third kappa shape index (κ3) is 4.17. The van der Waals surface area contributed by atoms with Crippen LogP contribution in [-0.4, -0.2) is 63.8 Å². The number of carbonyl (C=O) groups is 2. The number of hydrogen-bond donors (Lipinski definition) is 1. The quantitative estimate of drug-likeness (QED) is 0.841. The molecule has 1 N–H and O–H groups in total. The Morgan fingerprint density at radius 3 is 2.21 bits per heavy atom. The van der Waals surface area contributed by atoms with E-state index in [1.54, 1.807) is 23.1 Å². The van der Waals surface area contributed by atoms with E-state index in [1.807, 2.05) is 0 Å². The Hall–Kier alpha value is -2.28. The molecule has 0 spiro atoms. The fraction of sp³-hybridized carbons (Fsp3) is 0.529. The van der Waals surface area contributed by atoms with Crippen molar-refractivity contribution in [2.75, 3.05) is 41.0 Å². The van der Waals surface area contributed by atoms with Crippen LogP contribution in [0.4, 0.5) is 0 Å². The molecule has 1 aliphatic rings. The molecular weight excluding hydrogens is 312 g/mol. The van der Waals surface area contributed by atoms with Gasteiger partial charge in [0.05, 0.1) is 14.2 Å². The molecule has 0 aromatic heterocycles. The van der Waals surface area contributed by atoms with Gasteiger partial charge in [0.15, 0.2) is 0 Å². The lowest BCUT2D eigenvalue weighted by Gasteiger charge is -2.32. The van der Waals surface area contributed by atoms with Gasteiger partial charge < -0.3 is 24.4 Å². The van der Waals surface area contributed by atoms with E-state index >= 15 is 0 Å². The molecule has 7 nitrogen and oxygen atoms in total. The topological polar surface area (TPSA) is 77.1 Å². The van der Waals surface area contributed by atoms with Gasteiger partial charge in [-0.2, -0.15) is 0 Å². The van der Waals surface area contributed by atoms with E-state index in [9.17, 15) is 9.59 Å². The van der Waals surface area contributed by atoms with Crippen molar-refractivity contribution in [2.24, 2.45) is 0 Å². The Morgan fingerprint density at radius 2 is 1.71 bits per heavy atom. The van der Waals surface area contributed by atoms with Gasteiger partial charge in [0.2, 0.25) is 5.91 Å². The minimum absolute atomic E-state index is 0.0127. The molecule has 1 saturated heterocycles. The number of methoxy groups -OCH3 is 3. The van der Waals surface area contributed by atoms with E-state index < -0.39 is 0 Å². The fourth-order valence-electron chi connectivity index (χ4n) is 2.82. The van der Waals surface area contributed by atoms with Crippen LogP contribution in [0.25, 0.3) is 0 Å². The minimum Gasteiger partial charge on any atom is -0.496 e. The Labute approximate surface area is 141 Å². The average molecular weight is 336 g/mol. The van der Waals surface area contributed by atoms with E-state index in [2.05, 4.69) is 5.32 Å². The van der Waals surface area contributed by atoms with Crippen molar-refractivity contribution in [2.45, 2.75) is 18.9 Å². The molecule has 0 bridgehead atoms. The van der Waals surface area contributed by atoms with Crippen molar-refractivity contribution in [3.8, 4) is 11.5 Å². The summed E-state index contributed by atoms with van der Waals surface area (Å²) >= 11 is 0. The van der Waals surface area contributed by atoms with Crippen molar-refractivity contribution >= 4 is 11.8 Å². The number of amides is 2. The molecule has 0 atom stereocenters. The van der Waals surface area contributed by atoms with Gasteiger partial charge in [-0.05, 0) is 25.0 Å². The van der Waals surface area contributed by atoms with E-state index in [0.717, 1.165) is 0 Å². The molecule has 2 rings (SSSR count). The lowest BCUT2D eigenvalue weighted by molar-refractivity contribution is -0.136. The smallest absolute Gasteiger partial charge is 0.259 e. The molecule has 1 fully saturated rings. The van der Waals surface area contributed by atoms with Crippen LogP contribution < -0.4 is 14.8 Å². The second-order valence-corrected chi connectivity index (χ2v) is 5.60. The molecular formula is C17H24N2O5. The van der Waals surface area contributed by atoms with Gasteiger partial charge in [-0.1, -0.05) is 6.07 Å². The number of carbonyl (C=O) groups excluding carboxylic acids is 2. The Morgan fingerprint density at radius 1 is 1.12 bits per heavy atom. The molecule has 1 aliphatic heterocycles. The fourth-order valence-corrected chi connectivity index (χ4v) is 2.82. The predicted octanol–water partition coefficient (Wildman–Crippen LogP) is 1.07. The molecule has 0 aliphatic carbocycles. The first kappa shape index (κ1) is 18.1. The Bertz CT molecular complexity index is 560. The van der Waals surface area contributed by atoms with Gasteiger partial charge in [0.25, 0.3) is 5.91 Å². The van der Waals surface area contributed by atoms with Crippen LogP contribution in [0.15, 0.2) is 18.2 Å². The van der Waals surface area contributed by atoms with Crippen LogP contribution >= 0.6 is 0 Å². The lowest BCUT2D eigenvalue weighted by Crippen LogP contribution is -2.47. The van der Waals surface area contributed by atoms with Crippen LogP contribution in [0, 0.1) is 0 Å². The maximum Gasteiger partial charge on any atom is 0.259 e. The number of rotatable bonds is 6. The van der Waals surface area contributed by atoms with Crippen molar-refractivity contribution in [1.29, 1.82) is 0 Å². The zero-order valence-corrected chi connectivity index (χ0v) is 14.3. The standard InChI is InChI=1S/C17H24N2O5/c1-22-11-15(20)19-9-7-12(8-10-19)18-17(21)16-13(23-2)5-4-6-14(16)24-3/h4-6,12H,7-11H2,1-3H3,(H,18,21). The maximum atomic E-state index is 12.6. The Balaban J connectivity index is 1.98. The third-order valence-electron chi connectivity index (χ3n) is 4.11. The minimum atomic E-state index is -0.231. The number of benzene rings is 1. The van der Waals surface area contributed by atoms with Crippen LogP contribution in [0.5, 0.6) is 11.5 Å². The number of likely N-dealkylation sites (tertiary alicyclic amines) is 1. The van der Waals surface area contributed by atoms with Gasteiger partial charge in [0, 0.05) is 26.2 Å². The first-order chi connectivity index (χ1) is 11.6. The Kier molecular flexibility index (Phi) is 6.43. The van der Waals surface area contributed by atoms with Crippen LogP contribution in [0.3, 0.4) is 0 Å². The second kappa shape index (κ2) is 8.54. The van der Waals surface area contributed by atoms with Gasteiger partial charge in [-0.25, -0.2) is 0 Å². The normalized spacial score (nSPS) is 15.0. The molecule has 7 heteroatoms. The summed E-state index contributed by atoms with van der Waals surface area (Å²) in [4.78, 5) is 26.2. The van der Waals surface area contributed by atoms with E-state index in [-0.39, 0.29) is 24.5 Å². The van der Waals surface area contributed by atoms with Gasteiger partial charge in [0.1, 0.15) is 23.7 Å². The number of piperidine rings is 1. The summed E-state index contributed by atoms with van der Waals surface area (Å²) in [5.74, 6) is 0.693. The van der Waals surface area contributed by atoms with Gasteiger partial charge in [-0.15, -0.1) is 0 Å². The highest BCUT2D eigenvalue weighted by molar-refractivity contribution is 5.99. The highest BCUT2D eigenvalue weighted by atomic mass is 16.5. The number of nitrogens with zero attached hydrogens (tertiary/aromatic N) is 1. The zero-order valence-electron chi connectivity index (χ0n) is 14.3. The van der Waals surface area contributed by atoms with Gasteiger partial charge >= 0.3 is 0 Å². The van der Waals surface area contributed by atoms with E-state index in [1.165, 1.54) is 21.3 Å². The SMILES string of the molecule is COCC(=O)N1CCC(NC(=O)c2c(OC)cccc2OC)CC1. The molecule has 0 unspecified atom stereocenters. The van der Waals surface area contributed by atoms with E-state index in [0.29, 0.717) is 43.0 Å². The summed E-state index contributed by atoms with van der Waals surface area (Å²) in [6.45, 7) is 1.31. The monoisotopic (exact) mass is 336 g/mol. The predicted molar refractivity (Wildman–Crippen MR) is 88.5 cm³/mol. The highest BCUT2D eigenvalue weighted by Crippen LogP contribution is 2.28. The molecule has 0 saturated carbocycles. The van der Waals surface area contributed by atoms with Crippen LogP contribution in [0.1, 0.15) is 23.2 Å². The summed E-state index contributed by atoms with van der Waals surface area (Å²) in [5.41, 5.74) is 0.389. The second-order valence-electron chi connectivity index (χ2n) is 5.60. The molecule has 1 heterocycles. The summed E-state index contributed by atoms with van der Waals surface area (Å²) in [6.07, 6.45) is 1.41. The lowest BCUT2D eigenvalue weighted by atomic mass is 10.0. The maximum absolute atomic E-state index is 12.6. The summed E-state index contributed by atoms with van der Waals surface area (Å²) < 4.78 is 15.4. The van der Waals surface area contributed by atoms with Gasteiger partial charge in [-0.3, -0.25) is 9.59 Å². The third-order valence-corrected chi connectivity index (χ3v) is 4.11. The summed E-state index contributed by atoms with van der Waals surface area (Å²) in [6, 6.07) is 5.24. The van der Waals surface area contributed by atoms with Crippen LogP contribution in [-0.2, 0) is 9.53 Å². The molecule has 2 amide bonds. The molecule has 132 valence electrons. The summed E-state index contributed by atoms with van der Waals surface area (Å²) in [7, 11) is 4.54. The van der Waals surface area contributed by atoms with Crippen LogP contribution in [0.2, 0.25) is 0 Å². The molecule has 0 radical (unpaired) electrons. The molecule has 1 aromatic rings. The first-order valence-electron chi connectivity index (χ1n) is 7.89. The zero-order chi connectivity index (χ0) is 17.5. The van der Waals surface area contributed by atoms with E-state index in [4.69, 9.17) is 14.2 Å². The first-order valence-corrected chi connectivity index (χ1v) is 7.89. The number of hydrogen-bond acceptors (Lipinski definition) is 5. The van der Waals surface area contributed by atoms with Crippen molar-refractivity contribution in [1.82, 2.24) is 10.2 Å². The van der Waals surface area contributed by atoms with Crippen molar-refractivity contribution < 1.29 is 23.8 Å². The number of ether oxygens (including phenoxy) is 3. The molecule has 1 aromatic carbocycles. The number of nitrogens with one attached hydrogen (secondary N) is 1. The van der Waals surface area contributed by atoms with Crippen molar-refractivity contribution in [3.63, 3.8) is 0 Å². The largest absolute Gasteiger partial charge is 0.496 e.